The van der Waals surface area contributed by atoms with Crippen LogP contribution in [-0.4, -0.2) is 9.97 Å². The van der Waals surface area contributed by atoms with Crippen molar-refractivity contribution < 1.29 is 8.78 Å². The quantitative estimate of drug-likeness (QED) is 0.756. The maximum Gasteiger partial charge on any atom is 0.171 e. The van der Waals surface area contributed by atoms with E-state index in [1.165, 1.54) is 11.8 Å². The highest BCUT2D eigenvalue weighted by molar-refractivity contribution is 7.99. The van der Waals surface area contributed by atoms with Crippen LogP contribution in [0.5, 0.6) is 0 Å². The van der Waals surface area contributed by atoms with Gasteiger partial charge in [-0.25, -0.2) is 13.8 Å². The molecule has 3 rings (SSSR count). The van der Waals surface area contributed by atoms with Gasteiger partial charge in [-0.15, -0.1) is 0 Å². The third-order valence-electron chi connectivity index (χ3n) is 2.46. The molecular formula is C13H8F2N2S. The number of halogens is 2. The Hall–Kier alpha value is -1.88. The molecule has 0 radical (unpaired) electrons. The van der Waals surface area contributed by atoms with Gasteiger partial charge in [-0.05, 0) is 12.1 Å². The molecule has 0 amide bonds. The fraction of sp³-hybridized carbons (Fsp3) is 0. The molecule has 90 valence electrons. The van der Waals surface area contributed by atoms with Crippen molar-refractivity contribution in [1.29, 1.82) is 0 Å². The number of hydrogen-bond donors (Lipinski definition) is 1. The average Bonchev–Trinajstić information content (AvgIpc) is 2.72. The Morgan fingerprint density at radius 1 is 1.00 bits per heavy atom. The highest BCUT2D eigenvalue weighted by Crippen LogP contribution is 2.27. The molecule has 0 atom stereocenters. The Morgan fingerprint density at radius 3 is 2.50 bits per heavy atom. The molecule has 1 aromatic heterocycles. The van der Waals surface area contributed by atoms with Crippen LogP contribution in [0, 0.1) is 11.6 Å². The fourth-order valence-electron chi connectivity index (χ4n) is 1.63. The number of nitrogens with zero attached hydrogens (tertiary/aromatic N) is 1. The molecule has 0 unspecified atom stereocenters. The standard InChI is InChI=1S/C13H8F2N2S/c14-9-6-11-12(7-10(9)15)17-13(16-11)18-8-4-2-1-3-5-8/h1-7H,(H,16,17). The predicted molar refractivity (Wildman–Crippen MR) is 66.6 cm³/mol. The molecule has 0 saturated heterocycles. The van der Waals surface area contributed by atoms with Crippen LogP contribution in [0.1, 0.15) is 0 Å². The van der Waals surface area contributed by atoms with Gasteiger partial charge in [-0.1, -0.05) is 30.0 Å². The molecule has 5 heteroatoms. The lowest BCUT2D eigenvalue weighted by Crippen LogP contribution is -1.82. The van der Waals surface area contributed by atoms with Crippen molar-refractivity contribution in [3.63, 3.8) is 0 Å². The Bertz CT molecular complexity index is 656. The molecule has 3 aromatic rings. The van der Waals surface area contributed by atoms with Crippen molar-refractivity contribution in [1.82, 2.24) is 9.97 Å². The number of aromatic nitrogens is 2. The first-order valence-electron chi connectivity index (χ1n) is 5.30. The first-order chi connectivity index (χ1) is 8.72. The topological polar surface area (TPSA) is 28.7 Å². The van der Waals surface area contributed by atoms with Gasteiger partial charge in [0.15, 0.2) is 16.8 Å². The van der Waals surface area contributed by atoms with E-state index in [-0.39, 0.29) is 0 Å². The molecule has 0 aliphatic heterocycles. The largest absolute Gasteiger partial charge is 0.333 e. The second kappa shape index (κ2) is 4.42. The van der Waals surface area contributed by atoms with Gasteiger partial charge in [-0.3, -0.25) is 0 Å². The molecule has 2 nitrogen and oxygen atoms in total. The van der Waals surface area contributed by atoms with Crippen LogP contribution in [-0.2, 0) is 0 Å². The van der Waals surface area contributed by atoms with E-state index in [1.54, 1.807) is 0 Å². The molecule has 18 heavy (non-hydrogen) atoms. The monoisotopic (exact) mass is 262 g/mol. The van der Waals surface area contributed by atoms with Crippen LogP contribution in [0.3, 0.4) is 0 Å². The van der Waals surface area contributed by atoms with E-state index in [4.69, 9.17) is 0 Å². The molecule has 0 aliphatic carbocycles. The summed E-state index contributed by atoms with van der Waals surface area (Å²) >= 11 is 1.41. The highest BCUT2D eigenvalue weighted by Gasteiger charge is 2.09. The zero-order chi connectivity index (χ0) is 12.5. The number of imidazole rings is 1. The summed E-state index contributed by atoms with van der Waals surface area (Å²) in [6, 6.07) is 11.9. The van der Waals surface area contributed by atoms with E-state index < -0.39 is 11.6 Å². The Kier molecular flexibility index (Phi) is 2.76. The molecule has 1 N–H and O–H groups in total. The van der Waals surface area contributed by atoms with E-state index >= 15 is 0 Å². The van der Waals surface area contributed by atoms with Gasteiger partial charge in [0.2, 0.25) is 0 Å². The van der Waals surface area contributed by atoms with E-state index in [2.05, 4.69) is 9.97 Å². The minimum absolute atomic E-state index is 0.423. The number of rotatable bonds is 2. The lowest BCUT2D eigenvalue weighted by Gasteiger charge is -1.95. The van der Waals surface area contributed by atoms with E-state index in [9.17, 15) is 8.78 Å². The third kappa shape index (κ3) is 2.09. The summed E-state index contributed by atoms with van der Waals surface area (Å²) in [5.74, 6) is -1.76. The van der Waals surface area contributed by atoms with E-state index in [0.717, 1.165) is 17.0 Å². The van der Waals surface area contributed by atoms with Crippen LogP contribution in [0.2, 0.25) is 0 Å². The zero-order valence-corrected chi connectivity index (χ0v) is 9.97. The van der Waals surface area contributed by atoms with Crippen molar-refractivity contribution in [3.8, 4) is 0 Å². The van der Waals surface area contributed by atoms with Gasteiger partial charge in [-0.2, -0.15) is 0 Å². The average molecular weight is 262 g/mol. The minimum Gasteiger partial charge on any atom is -0.333 e. The predicted octanol–water partition coefficient (Wildman–Crippen LogP) is 3.99. The van der Waals surface area contributed by atoms with Gasteiger partial charge in [0, 0.05) is 17.0 Å². The van der Waals surface area contributed by atoms with Crippen LogP contribution in [0.15, 0.2) is 52.5 Å². The number of H-pyrrole nitrogens is 1. The summed E-state index contributed by atoms with van der Waals surface area (Å²) in [5, 5.41) is 0.612. The van der Waals surface area contributed by atoms with Crippen molar-refractivity contribution in [2.24, 2.45) is 0 Å². The summed E-state index contributed by atoms with van der Waals surface area (Å²) in [6.07, 6.45) is 0. The minimum atomic E-state index is -0.884. The lowest BCUT2D eigenvalue weighted by molar-refractivity contribution is 0.510. The number of nitrogens with one attached hydrogen (secondary N) is 1. The summed E-state index contributed by atoms with van der Waals surface area (Å²) in [5.41, 5.74) is 0.916. The normalized spacial score (nSPS) is 11.0. The van der Waals surface area contributed by atoms with Crippen molar-refractivity contribution in [2.45, 2.75) is 10.1 Å². The first kappa shape index (κ1) is 11.2. The smallest absolute Gasteiger partial charge is 0.171 e. The van der Waals surface area contributed by atoms with Crippen molar-refractivity contribution >= 4 is 22.8 Å². The van der Waals surface area contributed by atoms with Crippen molar-refractivity contribution in [3.05, 3.63) is 54.1 Å². The van der Waals surface area contributed by atoms with Crippen LogP contribution in [0.4, 0.5) is 8.78 Å². The molecule has 0 aliphatic rings. The van der Waals surface area contributed by atoms with Gasteiger partial charge >= 0.3 is 0 Å². The summed E-state index contributed by atoms with van der Waals surface area (Å²) in [6.45, 7) is 0. The zero-order valence-electron chi connectivity index (χ0n) is 9.15. The molecule has 2 aromatic carbocycles. The number of hydrogen-bond acceptors (Lipinski definition) is 2. The number of fused-ring (bicyclic) bond motifs is 1. The van der Waals surface area contributed by atoms with Gasteiger partial charge in [0.1, 0.15) is 0 Å². The maximum absolute atomic E-state index is 13.1. The molecule has 1 heterocycles. The molecular weight excluding hydrogens is 254 g/mol. The third-order valence-corrected chi connectivity index (χ3v) is 3.35. The number of aromatic amines is 1. The Labute approximate surface area is 106 Å². The maximum atomic E-state index is 13.1. The molecule has 0 spiro atoms. The second-order valence-electron chi connectivity index (χ2n) is 3.74. The van der Waals surface area contributed by atoms with Gasteiger partial charge in [0.25, 0.3) is 0 Å². The molecule has 0 saturated carbocycles. The fourth-order valence-corrected chi connectivity index (χ4v) is 2.45. The lowest BCUT2D eigenvalue weighted by atomic mass is 10.3. The molecule has 0 bridgehead atoms. The molecule has 0 fully saturated rings. The van der Waals surface area contributed by atoms with Crippen LogP contribution in [0.25, 0.3) is 11.0 Å². The Morgan fingerprint density at radius 2 is 1.72 bits per heavy atom. The highest BCUT2D eigenvalue weighted by atomic mass is 32.2. The summed E-state index contributed by atoms with van der Waals surface area (Å²) in [7, 11) is 0. The first-order valence-corrected chi connectivity index (χ1v) is 6.12. The van der Waals surface area contributed by atoms with E-state index in [0.29, 0.717) is 16.2 Å². The van der Waals surface area contributed by atoms with Gasteiger partial charge < -0.3 is 4.98 Å². The Balaban J connectivity index is 1.99. The van der Waals surface area contributed by atoms with Crippen LogP contribution < -0.4 is 0 Å². The van der Waals surface area contributed by atoms with Crippen molar-refractivity contribution in [2.75, 3.05) is 0 Å². The summed E-state index contributed by atoms with van der Waals surface area (Å²) in [4.78, 5) is 8.18. The SMILES string of the molecule is Fc1cc2nc(Sc3ccccc3)[nH]c2cc1F. The van der Waals surface area contributed by atoms with Gasteiger partial charge in [0.05, 0.1) is 11.0 Å². The van der Waals surface area contributed by atoms with Crippen LogP contribution >= 0.6 is 11.8 Å². The second-order valence-corrected chi connectivity index (χ2v) is 4.80. The van der Waals surface area contributed by atoms with E-state index in [1.807, 2.05) is 30.3 Å². The summed E-state index contributed by atoms with van der Waals surface area (Å²) < 4.78 is 26.1. The number of benzene rings is 2.